The van der Waals surface area contributed by atoms with E-state index in [-0.39, 0.29) is 17.1 Å². The van der Waals surface area contributed by atoms with E-state index in [0.29, 0.717) is 6.61 Å². The molecule has 3 nitrogen and oxygen atoms in total. The van der Waals surface area contributed by atoms with Crippen molar-refractivity contribution in [3.8, 4) is 0 Å². The van der Waals surface area contributed by atoms with E-state index in [1.165, 1.54) is 10.5 Å². The number of thioether (sulfide) groups is 1. The third-order valence-electron chi connectivity index (χ3n) is 3.09. The lowest BCUT2D eigenvalue weighted by Gasteiger charge is -2.13. The number of fused-ring (bicyclic) bond motifs is 1. The molecule has 2 heterocycles. The molecule has 16 heavy (non-hydrogen) atoms. The number of rotatable bonds is 2. The Morgan fingerprint density at radius 1 is 1.50 bits per heavy atom. The summed E-state index contributed by atoms with van der Waals surface area (Å²) < 4.78 is 5.13. The highest BCUT2D eigenvalue weighted by atomic mass is 32.2. The van der Waals surface area contributed by atoms with E-state index in [4.69, 9.17) is 4.74 Å². The fourth-order valence-corrected chi connectivity index (χ4v) is 3.52. The second kappa shape index (κ2) is 4.17. The Morgan fingerprint density at radius 2 is 2.19 bits per heavy atom. The third-order valence-corrected chi connectivity index (χ3v) is 4.50. The van der Waals surface area contributed by atoms with Crippen molar-refractivity contribution in [2.75, 3.05) is 6.61 Å². The van der Waals surface area contributed by atoms with Gasteiger partial charge in [0, 0.05) is 21.5 Å². The van der Waals surface area contributed by atoms with Crippen LogP contribution in [0.5, 0.6) is 0 Å². The number of nitrogens with one attached hydrogen (secondary N) is 1. The van der Waals surface area contributed by atoms with Crippen molar-refractivity contribution in [1.29, 1.82) is 0 Å². The van der Waals surface area contributed by atoms with Crippen molar-refractivity contribution in [2.24, 2.45) is 0 Å². The molecule has 0 saturated heterocycles. The predicted octanol–water partition coefficient (Wildman–Crippen LogP) is 2.77. The van der Waals surface area contributed by atoms with Crippen LogP contribution in [0.1, 0.15) is 36.7 Å². The molecule has 1 N–H and O–H groups in total. The first kappa shape index (κ1) is 11.6. The first-order chi connectivity index (χ1) is 7.56. The van der Waals surface area contributed by atoms with Gasteiger partial charge in [0.05, 0.1) is 6.61 Å². The first-order valence-electron chi connectivity index (χ1n) is 5.58. The fraction of sp³-hybridized carbons (Fsp3) is 0.583. The molecule has 0 bridgehead atoms. The van der Waals surface area contributed by atoms with Crippen molar-refractivity contribution in [3.63, 3.8) is 0 Å². The zero-order valence-corrected chi connectivity index (χ0v) is 10.9. The van der Waals surface area contributed by atoms with Crippen LogP contribution in [0.3, 0.4) is 0 Å². The zero-order chi connectivity index (χ0) is 11.9. The molecule has 0 amide bonds. The van der Waals surface area contributed by atoms with Crippen LogP contribution in [0.25, 0.3) is 0 Å². The van der Waals surface area contributed by atoms with E-state index in [2.05, 4.69) is 18.8 Å². The molecule has 1 aromatic rings. The number of ether oxygens (including phenoxy) is 1. The number of hydrogen-bond acceptors (Lipinski definition) is 3. The van der Waals surface area contributed by atoms with E-state index < -0.39 is 0 Å². The van der Waals surface area contributed by atoms with Gasteiger partial charge in [0.25, 0.3) is 0 Å². The lowest BCUT2D eigenvalue weighted by atomic mass is 10.0. The minimum absolute atomic E-state index is 0.109. The Balaban J connectivity index is 2.35. The lowest BCUT2D eigenvalue weighted by Crippen LogP contribution is -2.21. The lowest BCUT2D eigenvalue weighted by molar-refractivity contribution is -0.144. The smallest absolute Gasteiger partial charge is 0.316 e. The van der Waals surface area contributed by atoms with E-state index in [1.807, 2.05) is 13.8 Å². The Morgan fingerprint density at radius 3 is 2.81 bits per heavy atom. The maximum atomic E-state index is 11.9. The Labute approximate surface area is 100.0 Å². The number of carbonyl (C=O) groups excluding carboxylic acids is 1. The molecule has 1 aliphatic heterocycles. The number of esters is 1. The summed E-state index contributed by atoms with van der Waals surface area (Å²) in [6.45, 7) is 8.51. The van der Waals surface area contributed by atoms with Crippen molar-refractivity contribution < 1.29 is 9.53 Å². The summed E-state index contributed by atoms with van der Waals surface area (Å²) in [6, 6.07) is 0. The average molecular weight is 239 g/mol. The van der Waals surface area contributed by atoms with Gasteiger partial charge in [-0.25, -0.2) is 0 Å². The van der Waals surface area contributed by atoms with Crippen molar-refractivity contribution in [3.05, 3.63) is 17.0 Å². The maximum absolute atomic E-state index is 11.9. The van der Waals surface area contributed by atoms with Gasteiger partial charge in [-0.3, -0.25) is 4.79 Å². The van der Waals surface area contributed by atoms with Crippen LogP contribution in [0.4, 0.5) is 0 Å². The minimum atomic E-state index is -0.132. The van der Waals surface area contributed by atoms with Gasteiger partial charge >= 0.3 is 5.97 Å². The van der Waals surface area contributed by atoms with Crippen molar-refractivity contribution >= 4 is 17.7 Å². The predicted molar refractivity (Wildman–Crippen MR) is 65.0 cm³/mol. The summed E-state index contributed by atoms with van der Waals surface area (Å²) in [5.41, 5.74) is 3.46. The molecule has 4 heteroatoms. The van der Waals surface area contributed by atoms with Crippen LogP contribution >= 0.6 is 11.8 Å². The Hall–Kier alpha value is -0.900. The van der Waals surface area contributed by atoms with Gasteiger partial charge in [-0.15, -0.1) is 11.8 Å². The molecular formula is C12H17NO2S. The molecule has 88 valence electrons. The van der Waals surface area contributed by atoms with Crippen LogP contribution in [0.2, 0.25) is 0 Å². The summed E-state index contributed by atoms with van der Waals surface area (Å²) in [5, 5.41) is 0.264. The first-order valence-corrected chi connectivity index (χ1v) is 6.46. The van der Waals surface area contributed by atoms with Gasteiger partial charge < -0.3 is 9.72 Å². The van der Waals surface area contributed by atoms with Crippen LogP contribution in [-0.4, -0.2) is 22.8 Å². The second-order valence-electron chi connectivity index (χ2n) is 4.17. The third kappa shape index (κ3) is 1.65. The van der Waals surface area contributed by atoms with Gasteiger partial charge in [0.2, 0.25) is 0 Å². The molecule has 2 rings (SSSR count). The Bertz CT molecular complexity index is 425. The molecule has 0 saturated carbocycles. The number of aromatic nitrogens is 1. The highest BCUT2D eigenvalue weighted by Crippen LogP contribution is 2.47. The summed E-state index contributed by atoms with van der Waals surface area (Å²) in [7, 11) is 0. The van der Waals surface area contributed by atoms with Crippen molar-refractivity contribution in [2.45, 2.75) is 43.8 Å². The zero-order valence-electron chi connectivity index (χ0n) is 10.1. The van der Waals surface area contributed by atoms with E-state index in [0.717, 1.165) is 11.4 Å². The molecule has 0 aromatic carbocycles. The maximum Gasteiger partial charge on any atom is 0.316 e. The molecule has 1 aromatic heterocycles. The van der Waals surface area contributed by atoms with Gasteiger partial charge in [-0.2, -0.15) is 0 Å². The van der Waals surface area contributed by atoms with Crippen LogP contribution in [-0.2, 0) is 9.53 Å². The quantitative estimate of drug-likeness (QED) is 0.807. The topological polar surface area (TPSA) is 42.1 Å². The van der Waals surface area contributed by atoms with Gasteiger partial charge in [0.1, 0.15) is 5.92 Å². The monoisotopic (exact) mass is 239 g/mol. The molecule has 2 atom stereocenters. The normalized spacial score (nSPS) is 23.2. The van der Waals surface area contributed by atoms with Crippen LogP contribution in [0, 0.1) is 13.8 Å². The molecular weight excluding hydrogens is 222 g/mol. The van der Waals surface area contributed by atoms with E-state index in [1.54, 1.807) is 11.8 Å². The minimum Gasteiger partial charge on any atom is -0.465 e. The van der Waals surface area contributed by atoms with E-state index in [9.17, 15) is 4.79 Å². The number of hydrogen-bond donors (Lipinski definition) is 1. The number of aryl methyl sites for hydroxylation is 1. The second-order valence-corrected chi connectivity index (χ2v) is 5.56. The largest absolute Gasteiger partial charge is 0.465 e. The van der Waals surface area contributed by atoms with Crippen LogP contribution in [0.15, 0.2) is 4.90 Å². The van der Waals surface area contributed by atoms with Gasteiger partial charge in [-0.05, 0) is 26.3 Å². The summed E-state index contributed by atoms with van der Waals surface area (Å²) >= 11 is 1.77. The van der Waals surface area contributed by atoms with Gasteiger partial charge in [-0.1, -0.05) is 6.92 Å². The molecule has 0 radical (unpaired) electrons. The fourth-order valence-electron chi connectivity index (χ4n) is 2.13. The summed E-state index contributed by atoms with van der Waals surface area (Å²) in [5.74, 6) is -0.241. The highest BCUT2D eigenvalue weighted by Gasteiger charge is 2.39. The SMILES string of the molecule is CCOC(=O)[C@H]1c2[nH]c(C)c(C)c2S[C@@H]1C. The number of H-pyrrole nitrogens is 1. The van der Waals surface area contributed by atoms with E-state index >= 15 is 0 Å². The molecule has 0 aliphatic carbocycles. The van der Waals surface area contributed by atoms with Crippen LogP contribution < -0.4 is 0 Å². The molecule has 1 aliphatic rings. The number of carbonyl (C=O) groups is 1. The number of aromatic amines is 1. The average Bonchev–Trinajstić information content (AvgIpc) is 2.66. The van der Waals surface area contributed by atoms with Gasteiger partial charge in [0.15, 0.2) is 0 Å². The molecule has 0 unspecified atom stereocenters. The summed E-state index contributed by atoms with van der Waals surface area (Å²) in [4.78, 5) is 16.4. The Kier molecular flexibility index (Phi) is 3.02. The summed E-state index contributed by atoms with van der Waals surface area (Å²) in [6.07, 6.45) is 0. The molecule has 0 spiro atoms. The van der Waals surface area contributed by atoms with Crippen molar-refractivity contribution in [1.82, 2.24) is 4.98 Å². The molecule has 0 fully saturated rings. The standard InChI is InChI=1S/C12H17NO2S/c1-5-15-12(14)9-8(4)16-11-6(2)7(3)13-10(9)11/h8-9,13H,5H2,1-4H3/t8-,9-/m1/s1. The highest BCUT2D eigenvalue weighted by molar-refractivity contribution is 8.00.